The van der Waals surface area contributed by atoms with Gasteiger partial charge in [0.25, 0.3) is 5.56 Å². The van der Waals surface area contributed by atoms with E-state index in [4.69, 9.17) is 10.2 Å². The van der Waals surface area contributed by atoms with E-state index in [0.717, 1.165) is 26.2 Å². The van der Waals surface area contributed by atoms with Crippen LogP contribution in [0.25, 0.3) is 21.1 Å². The van der Waals surface area contributed by atoms with Crippen molar-refractivity contribution in [3.8, 4) is 6.07 Å². The van der Waals surface area contributed by atoms with Crippen LogP contribution < -0.4 is 5.56 Å². The van der Waals surface area contributed by atoms with Gasteiger partial charge in [-0.1, -0.05) is 30.0 Å². The third-order valence-corrected chi connectivity index (χ3v) is 7.53. The molecule has 3 heterocycles. The standard InChI is InChI=1S/C23H22N4O2S2/c1-4-27-22(29)20-14(2)15(3)31-21(20)25-23(27)30-13-19(28)17-12-26(11-7-10-24)18-9-6-5-8-16(17)18/h5-6,8-9,12H,4,7,11,13H2,1-3H3. The molecule has 0 saturated heterocycles. The smallest absolute Gasteiger partial charge is 0.263 e. The quantitative estimate of drug-likeness (QED) is 0.226. The van der Waals surface area contributed by atoms with E-state index in [1.807, 2.05) is 55.8 Å². The number of aromatic nitrogens is 3. The molecule has 8 heteroatoms. The topological polar surface area (TPSA) is 80.7 Å². The van der Waals surface area contributed by atoms with Crippen LogP contribution in [0.5, 0.6) is 0 Å². The fourth-order valence-corrected chi connectivity index (χ4v) is 5.75. The van der Waals surface area contributed by atoms with E-state index >= 15 is 0 Å². The Morgan fingerprint density at radius 2 is 2.06 bits per heavy atom. The summed E-state index contributed by atoms with van der Waals surface area (Å²) < 4.78 is 3.61. The Labute approximate surface area is 188 Å². The number of fused-ring (bicyclic) bond motifs is 2. The van der Waals surface area contributed by atoms with E-state index in [1.54, 1.807) is 4.57 Å². The normalized spacial score (nSPS) is 11.3. The number of rotatable bonds is 7. The first kappa shape index (κ1) is 21.3. The number of nitriles is 1. The lowest BCUT2D eigenvalue weighted by Crippen LogP contribution is -2.22. The highest BCUT2D eigenvalue weighted by atomic mass is 32.2. The molecule has 4 aromatic rings. The molecular weight excluding hydrogens is 428 g/mol. The highest BCUT2D eigenvalue weighted by Gasteiger charge is 2.19. The van der Waals surface area contributed by atoms with Gasteiger partial charge in [-0.3, -0.25) is 14.2 Å². The number of para-hydroxylation sites is 1. The van der Waals surface area contributed by atoms with Gasteiger partial charge in [0.15, 0.2) is 10.9 Å². The maximum atomic E-state index is 13.1. The summed E-state index contributed by atoms with van der Waals surface area (Å²) in [5, 5.41) is 11.1. The molecule has 158 valence electrons. The van der Waals surface area contributed by atoms with Gasteiger partial charge in [-0.05, 0) is 32.4 Å². The Hall–Kier alpha value is -2.89. The number of ketones is 1. The van der Waals surface area contributed by atoms with Crippen LogP contribution in [0.3, 0.4) is 0 Å². The van der Waals surface area contributed by atoms with Crippen molar-refractivity contribution in [1.29, 1.82) is 5.26 Å². The van der Waals surface area contributed by atoms with Gasteiger partial charge >= 0.3 is 0 Å². The second-order valence-corrected chi connectivity index (χ2v) is 9.43. The van der Waals surface area contributed by atoms with Gasteiger partial charge in [0.2, 0.25) is 0 Å². The van der Waals surface area contributed by atoms with Crippen molar-refractivity contribution in [2.45, 2.75) is 45.4 Å². The van der Waals surface area contributed by atoms with Crippen molar-refractivity contribution in [3.05, 3.63) is 56.8 Å². The minimum atomic E-state index is -0.0441. The molecule has 0 unspecified atom stereocenters. The number of hydrogen-bond acceptors (Lipinski definition) is 6. The summed E-state index contributed by atoms with van der Waals surface area (Å²) in [5.74, 6) is 0.167. The molecule has 0 fully saturated rings. The van der Waals surface area contributed by atoms with E-state index < -0.39 is 0 Å². The van der Waals surface area contributed by atoms with Gasteiger partial charge in [0, 0.05) is 40.6 Å². The number of aryl methyl sites for hydroxylation is 3. The Morgan fingerprint density at radius 1 is 1.29 bits per heavy atom. The number of thiophene rings is 1. The molecule has 0 aliphatic heterocycles. The molecule has 6 nitrogen and oxygen atoms in total. The number of hydrogen-bond donors (Lipinski definition) is 0. The van der Waals surface area contributed by atoms with Gasteiger partial charge in [0.05, 0.1) is 23.6 Å². The molecular formula is C23H22N4O2S2. The summed E-state index contributed by atoms with van der Waals surface area (Å²) in [6, 6.07) is 9.88. The average molecular weight is 451 g/mol. The highest BCUT2D eigenvalue weighted by Crippen LogP contribution is 2.29. The molecule has 0 aliphatic rings. The second-order valence-electron chi connectivity index (χ2n) is 7.28. The van der Waals surface area contributed by atoms with Crippen molar-refractivity contribution < 1.29 is 4.79 Å². The van der Waals surface area contributed by atoms with Gasteiger partial charge in [-0.15, -0.1) is 11.3 Å². The average Bonchev–Trinajstić information content (AvgIpc) is 3.28. The zero-order valence-corrected chi connectivity index (χ0v) is 19.3. The van der Waals surface area contributed by atoms with E-state index in [0.29, 0.717) is 35.6 Å². The fraction of sp³-hybridized carbons (Fsp3) is 0.304. The molecule has 3 aromatic heterocycles. The molecule has 0 atom stereocenters. The third kappa shape index (κ3) is 3.80. The van der Waals surface area contributed by atoms with E-state index in [2.05, 4.69) is 6.07 Å². The highest BCUT2D eigenvalue weighted by molar-refractivity contribution is 7.99. The monoisotopic (exact) mass is 450 g/mol. The fourth-order valence-electron chi connectivity index (χ4n) is 3.73. The molecule has 0 aliphatic carbocycles. The van der Waals surface area contributed by atoms with Crippen LogP contribution in [0, 0.1) is 25.2 Å². The lowest BCUT2D eigenvalue weighted by atomic mass is 10.1. The van der Waals surface area contributed by atoms with Crippen molar-refractivity contribution in [3.63, 3.8) is 0 Å². The second kappa shape index (κ2) is 8.69. The summed E-state index contributed by atoms with van der Waals surface area (Å²) in [5.41, 5.74) is 2.52. The summed E-state index contributed by atoms with van der Waals surface area (Å²) in [4.78, 5) is 32.7. The van der Waals surface area contributed by atoms with Gasteiger partial charge in [0.1, 0.15) is 4.83 Å². The lowest BCUT2D eigenvalue weighted by molar-refractivity contribution is 0.102. The molecule has 4 rings (SSSR count). The third-order valence-electron chi connectivity index (χ3n) is 5.46. The lowest BCUT2D eigenvalue weighted by Gasteiger charge is -2.09. The van der Waals surface area contributed by atoms with Crippen molar-refractivity contribution in [2.24, 2.45) is 0 Å². The van der Waals surface area contributed by atoms with Gasteiger partial charge < -0.3 is 4.57 Å². The SMILES string of the molecule is CCn1c(SCC(=O)c2cn(CCC#N)c3ccccc23)nc2sc(C)c(C)c2c1=O. The van der Waals surface area contributed by atoms with Crippen molar-refractivity contribution in [2.75, 3.05) is 5.75 Å². The first-order valence-corrected chi connectivity index (χ1v) is 11.9. The summed E-state index contributed by atoms with van der Waals surface area (Å²) in [7, 11) is 0. The maximum absolute atomic E-state index is 13.1. The number of nitrogens with zero attached hydrogens (tertiary/aromatic N) is 4. The number of thioether (sulfide) groups is 1. The van der Waals surface area contributed by atoms with E-state index in [-0.39, 0.29) is 17.1 Å². The van der Waals surface area contributed by atoms with Crippen LogP contribution in [-0.2, 0) is 13.1 Å². The minimum Gasteiger partial charge on any atom is -0.346 e. The van der Waals surface area contributed by atoms with Crippen LogP contribution >= 0.6 is 23.1 Å². The predicted molar refractivity (Wildman–Crippen MR) is 126 cm³/mol. The molecule has 0 saturated carbocycles. The van der Waals surface area contributed by atoms with Crippen LogP contribution in [0.4, 0.5) is 0 Å². The molecule has 0 N–H and O–H groups in total. The Balaban J connectivity index is 1.66. The molecule has 0 spiro atoms. The molecule has 0 radical (unpaired) electrons. The summed E-state index contributed by atoms with van der Waals surface area (Å²) in [6.45, 7) is 6.91. The van der Waals surface area contributed by atoms with Crippen molar-refractivity contribution >= 4 is 50.0 Å². The van der Waals surface area contributed by atoms with Crippen LogP contribution in [0.1, 0.15) is 34.1 Å². The number of benzene rings is 1. The maximum Gasteiger partial charge on any atom is 0.263 e. The molecule has 0 bridgehead atoms. The molecule has 1 aromatic carbocycles. The van der Waals surface area contributed by atoms with Gasteiger partial charge in [-0.25, -0.2) is 4.98 Å². The number of Topliss-reactive ketones (excluding diaryl/α,β-unsaturated/α-hetero) is 1. The number of carbonyl (C=O) groups excluding carboxylic acids is 1. The largest absolute Gasteiger partial charge is 0.346 e. The Bertz CT molecular complexity index is 1410. The molecule has 31 heavy (non-hydrogen) atoms. The molecule has 0 amide bonds. The first-order valence-electron chi connectivity index (χ1n) is 10.1. The van der Waals surface area contributed by atoms with Gasteiger partial charge in [-0.2, -0.15) is 5.26 Å². The Kier molecular flexibility index (Phi) is 5.99. The zero-order chi connectivity index (χ0) is 22.1. The van der Waals surface area contributed by atoms with E-state index in [1.165, 1.54) is 23.1 Å². The first-order chi connectivity index (χ1) is 15.0. The number of carbonyl (C=O) groups is 1. The summed E-state index contributed by atoms with van der Waals surface area (Å²) >= 11 is 2.82. The Morgan fingerprint density at radius 3 is 2.81 bits per heavy atom. The predicted octanol–water partition coefficient (Wildman–Crippen LogP) is 4.94. The van der Waals surface area contributed by atoms with Crippen LogP contribution in [-0.4, -0.2) is 25.7 Å². The summed E-state index contributed by atoms with van der Waals surface area (Å²) in [6.07, 6.45) is 2.22. The van der Waals surface area contributed by atoms with Crippen LogP contribution in [0.2, 0.25) is 0 Å². The minimum absolute atomic E-state index is 0.0209. The van der Waals surface area contributed by atoms with Crippen molar-refractivity contribution in [1.82, 2.24) is 14.1 Å². The van der Waals surface area contributed by atoms with E-state index in [9.17, 15) is 9.59 Å². The van der Waals surface area contributed by atoms with Crippen LogP contribution in [0.15, 0.2) is 40.4 Å². The zero-order valence-electron chi connectivity index (χ0n) is 17.6.